The van der Waals surface area contributed by atoms with E-state index < -0.39 is 0 Å². The van der Waals surface area contributed by atoms with E-state index in [0.717, 1.165) is 25.0 Å². The molecule has 2 atom stereocenters. The highest BCUT2D eigenvalue weighted by atomic mass is 16.5. The second-order valence-electron chi connectivity index (χ2n) is 4.64. The Morgan fingerprint density at radius 1 is 1.12 bits per heavy atom. The van der Waals surface area contributed by atoms with Crippen LogP contribution in [0, 0.1) is 0 Å². The van der Waals surface area contributed by atoms with Crippen molar-refractivity contribution in [3.8, 4) is 5.75 Å². The van der Waals surface area contributed by atoms with Gasteiger partial charge in [0.05, 0.1) is 13.2 Å². The van der Waals surface area contributed by atoms with Crippen LogP contribution in [0.3, 0.4) is 0 Å². The molecular formula is C14H20O2. The molecule has 16 heavy (non-hydrogen) atoms. The van der Waals surface area contributed by atoms with Crippen LogP contribution in [-0.2, 0) is 0 Å². The largest absolute Gasteiger partial charge is 0.497 e. The maximum absolute atomic E-state index is 9.80. The first-order valence-electron chi connectivity index (χ1n) is 6.11. The fourth-order valence-electron chi connectivity index (χ4n) is 2.51. The molecule has 1 aromatic rings. The SMILES string of the molecule is COc1ccc([C@@H]2CCCC[C@@H](O)C2)cc1. The van der Waals surface area contributed by atoms with Crippen molar-refractivity contribution in [2.75, 3.05) is 7.11 Å². The monoisotopic (exact) mass is 220 g/mol. The third kappa shape index (κ3) is 2.76. The van der Waals surface area contributed by atoms with Crippen LogP contribution in [0.5, 0.6) is 5.75 Å². The Balaban J connectivity index is 2.09. The molecule has 0 aromatic heterocycles. The van der Waals surface area contributed by atoms with E-state index in [9.17, 15) is 5.11 Å². The third-order valence-corrected chi connectivity index (χ3v) is 3.48. The number of benzene rings is 1. The van der Waals surface area contributed by atoms with Crippen LogP contribution in [0.1, 0.15) is 43.6 Å². The zero-order valence-electron chi connectivity index (χ0n) is 9.86. The van der Waals surface area contributed by atoms with Gasteiger partial charge in [0.15, 0.2) is 0 Å². The minimum absolute atomic E-state index is 0.116. The highest BCUT2D eigenvalue weighted by Crippen LogP contribution is 2.32. The molecule has 1 aromatic carbocycles. The van der Waals surface area contributed by atoms with Crippen molar-refractivity contribution >= 4 is 0 Å². The van der Waals surface area contributed by atoms with Gasteiger partial charge in [0.2, 0.25) is 0 Å². The molecule has 88 valence electrons. The molecule has 0 bridgehead atoms. The summed E-state index contributed by atoms with van der Waals surface area (Å²) < 4.78 is 5.15. The number of hydrogen-bond donors (Lipinski definition) is 1. The van der Waals surface area contributed by atoms with Crippen LogP contribution < -0.4 is 4.74 Å². The zero-order chi connectivity index (χ0) is 11.4. The lowest BCUT2D eigenvalue weighted by molar-refractivity contribution is 0.152. The van der Waals surface area contributed by atoms with Gasteiger partial charge in [-0.15, -0.1) is 0 Å². The Bertz CT molecular complexity index is 318. The van der Waals surface area contributed by atoms with Crippen molar-refractivity contribution in [3.05, 3.63) is 29.8 Å². The standard InChI is InChI=1S/C14H20O2/c1-16-14-8-6-11(7-9-14)12-4-2-3-5-13(15)10-12/h6-9,12-13,15H,2-5,10H2,1H3/t12-,13-/m1/s1. The van der Waals surface area contributed by atoms with E-state index in [4.69, 9.17) is 4.74 Å². The molecule has 1 aliphatic rings. The van der Waals surface area contributed by atoms with Crippen LogP contribution in [0.15, 0.2) is 24.3 Å². The van der Waals surface area contributed by atoms with Crippen molar-refractivity contribution in [3.63, 3.8) is 0 Å². The second-order valence-corrected chi connectivity index (χ2v) is 4.64. The molecule has 0 unspecified atom stereocenters. The summed E-state index contributed by atoms with van der Waals surface area (Å²) in [7, 11) is 1.68. The van der Waals surface area contributed by atoms with Crippen molar-refractivity contribution < 1.29 is 9.84 Å². The number of rotatable bonds is 2. The molecule has 0 saturated heterocycles. The lowest BCUT2D eigenvalue weighted by Gasteiger charge is -2.17. The van der Waals surface area contributed by atoms with Gasteiger partial charge >= 0.3 is 0 Å². The van der Waals surface area contributed by atoms with E-state index in [1.165, 1.54) is 18.4 Å². The zero-order valence-corrected chi connectivity index (χ0v) is 9.86. The fraction of sp³-hybridized carbons (Fsp3) is 0.571. The average molecular weight is 220 g/mol. The number of aliphatic hydroxyl groups excluding tert-OH is 1. The summed E-state index contributed by atoms with van der Waals surface area (Å²) in [5, 5.41) is 9.80. The van der Waals surface area contributed by atoms with Gasteiger partial charge in [0, 0.05) is 0 Å². The predicted molar refractivity (Wildman–Crippen MR) is 64.8 cm³/mol. The Labute approximate surface area is 97.3 Å². The summed E-state index contributed by atoms with van der Waals surface area (Å²) >= 11 is 0. The summed E-state index contributed by atoms with van der Waals surface area (Å²) in [6, 6.07) is 8.27. The molecule has 0 radical (unpaired) electrons. The normalized spacial score (nSPS) is 26.1. The molecule has 0 aliphatic heterocycles. The van der Waals surface area contributed by atoms with E-state index in [-0.39, 0.29) is 6.10 Å². The number of ether oxygens (including phenoxy) is 1. The summed E-state index contributed by atoms with van der Waals surface area (Å²) in [4.78, 5) is 0. The second kappa shape index (κ2) is 5.35. The smallest absolute Gasteiger partial charge is 0.118 e. The van der Waals surface area contributed by atoms with Gasteiger partial charge in [-0.3, -0.25) is 0 Å². The first-order chi connectivity index (χ1) is 7.79. The molecular weight excluding hydrogens is 200 g/mol. The molecule has 0 heterocycles. The van der Waals surface area contributed by atoms with Crippen LogP contribution in [0.2, 0.25) is 0 Å². The minimum Gasteiger partial charge on any atom is -0.497 e. The highest BCUT2D eigenvalue weighted by Gasteiger charge is 2.19. The molecule has 1 fully saturated rings. The van der Waals surface area contributed by atoms with Crippen molar-refractivity contribution in [1.82, 2.24) is 0 Å². The van der Waals surface area contributed by atoms with Gasteiger partial charge in [-0.25, -0.2) is 0 Å². The van der Waals surface area contributed by atoms with Crippen LogP contribution in [-0.4, -0.2) is 18.3 Å². The summed E-state index contributed by atoms with van der Waals surface area (Å²) in [5.41, 5.74) is 1.33. The molecule has 1 N–H and O–H groups in total. The Morgan fingerprint density at radius 2 is 1.81 bits per heavy atom. The maximum Gasteiger partial charge on any atom is 0.118 e. The Kier molecular flexibility index (Phi) is 3.83. The van der Waals surface area contributed by atoms with Crippen LogP contribution in [0.4, 0.5) is 0 Å². The highest BCUT2D eigenvalue weighted by molar-refractivity contribution is 5.29. The average Bonchev–Trinajstić information content (AvgIpc) is 2.54. The summed E-state index contributed by atoms with van der Waals surface area (Å²) in [5.74, 6) is 1.42. The van der Waals surface area contributed by atoms with Gasteiger partial charge < -0.3 is 9.84 Å². The lowest BCUT2D eigenvalue weighted by atomic mass is 9.91. The van der Waals surface area contributed by atoms with Gasteiger partial charge in [-0.05, 0) is 42.9 Å². The first kappa shape index (κ1) is 11.5. The van der Waals surface area contributed by atoms with Gasteiger partial charge in [-0.2, -0.15) is 0 Å². The Hall–Kier alpha value is -1.02. The predicted octanol–water partition coefficient (Wildman–Crippen LogP) is 3.10. The summed E-state index contributed by atoms with van der Waals surface area (Å²) in [6.07, 6.45) is 5.35. The lowest BCUT2D eigenvalue weighted by Crippen LogP contribution is -2.09. The van der Waals surface area contributed by atoms with Gasteiger partial charge in [0.25, 0.3) is 0 Å². The number of aliphatic hydroxyl groups is 1. The number of hydrogen-bond acceptors (Lipinski definition) is 2. The first-order valence-corrected chi connectivity index (χ1v) is 6.11. The van der Waals surface area contributed by atoms with Gasteiger partial charge in [0.1, 0.15) is 5.75 Å². The fourth-order valence-corrected chi connectivity index (χ4v) is 2.51. The molecule has 1 aliphatic carbocycles. The van der Waals surface area contributed by atoms with E-state index in [1.807, 2.05) is 12.1 Å². The molecule has 0 amide bonds. The van der Waals surface area contributed by atoms with Crippen molar-refractivity contribution in [2.45, 2.75) is 44.1 Å². The van der Waals surface area contributed by atoms with E-state index in [0.29, 0.717) is 5.92 Å². The quantitative estimate of drug-likeness (QED) is 0.776. The molecule has 0 spiro atoms. The van der Waals surface area contributed by atoms with Gasteiger partial charge in [-0.1, -0.05) is 25.0 Å². The topological polar surface area (TPSA) is 29.5 Å². The van der Waals surface area contributed by atoms with Crippen molar-refractivity contribution in [1.29, 1.82) is 0 Å². The maximum atomic E-state index is 9.80. The molecule has 2 nitrogen and oxygen atoms in total. The minimum atomic E-state index is -0.116. The van der Waals surface area contributed by atoms with E-state index in [1.54, 1.807) is 7.11 Å². The van der Waals surface area contributed by atoms with Crippen LogP contribution in [0.25, 0.3) is 0 Å². The molecule has 1 saturated carbocycles. The van der Waals surface area contributed by atoms with Crippen molar-refractivity contribution in [2.24, 2.45) is 0 Å². The molecule has 2 rings (SSSR count). The van der Waals surface area contributed by atoms with E-state index >= 15 is 0 Å². The third-order valence-electron chi connectivity index (χ3n) is 3.48. The number of methoxy groups -OCH3 is 1. The summed E-state index contributed by atoms with van der Waals surface area (Å²) in [6.45, 7) is 0. The van der Waals surface area contributed by atoms with Crippen LogP contribution >= 0.6 is 0 Å². The van der Waals surface area contributed by atoms with E-state index in [2.05, 4.69) is 12.1 Å². The molecule has 2 heteroatoms. The Morgan fingerprint density at radius 3 is 2.50 bits per heavy atom.